The Kier molecular flexibility index (Phi) is 7.02. The molecule has 6 nitrogen and oxygen atoms in total. The number of aliphatic hydroxyl groups excluding tert-OH is 2. The molecular weight excluding hydrogens is 246 g/mol. The van der Waals surface area contributed by atoms with Crippen molar-refractivity contribution in [2.24, 2.45) is 5.73 Å². The number of nitrogens with zero attached hydrogens (tertiary/aromatic N) is 1. The van der Waals surface area contributed by atoms with E-state index in [1.54, 1.807) is 6.07 Å². The molecule has 1 heterocycles. The predicted octanol–water partition coefficient (Wildman–Crippen LogP) is -0.206. The molecule has 1 aromatic heterocycles. The zero-order valence-electron chi connectivity index (χ0n) is 10.9. The van der Waals surface area contributed by atoms with Crippen LogP contribution in [-0.2, 0) is 6.61 Å². The van der Waals surface area contributed by atoms with Crippen molar-refractivity contribution >= 4 is 5.91 Å². The number of aromatic nitrogens is 1. The summed E-state index contributed by atoms with van der Waals surface area (Å²) in [7, 11) is 0. The third-order valence-corrected chi connectivity index (χ3v) is 2.76. The van der Waals surface area contributed by atoms with Gasteiger partial charge in [0.2, 0.25) is 0 Å². The van der Waals surface area contributed by atoms with Gasteiger partial charge in [0.1, 0.15) is 0 Å². The lowest BCUT2D eigenvalue weighted by atomic mass is 10.1. The first-order chi connectivity index (χ1) is 9.17. The number of hydrogen-bond donors (Lipinski definition) is 4. The van der Waals surface area contributed by atoms with Crippen molar-refractivity contribution in [3.8, 4) is 0 Å². The fraction of sp³-hybridized carbons (Fsp3) is 0.538. The zero-order chi connectivity index (χ0) is 14.1. The second-order valence-electron chi connectivity index (χ2n) is 4.43. The van der Waals surface area contributed by atoms with E-state index in [1.165, 1.54) is 12.4 Å². The highest BCUT2D eigenvalue weighted by atomic mass is 16.3. The maximum Gasteiger partial charge on any atom is 0.252 e. The van der Waals surface area contributed by atoms with Crippen molar-refractivity contribution in [3.63, 3.8) is 0 Å². The van der Waals surface area contributed by atoms with Gasteiger partial charge in [0.25, 0.3) is 5.91 Å². The number of amides is 1. The van der Waals surface area contributed by atoms with Crippen LogP contribution in [0.25, 0.3) is 0 Å². The van der Waals surface area contributed by atoms with Crippen molar-refractivity contribution in [2.45, 2.75) is 31.9 Å². The highest BCUT2D eigenvalue weighted by Crippen LogP contribution is 2.03. The molecule has 0 radical (unpaired) electrons. The Hall–Kier alpha value is -1.50. The van der Waals surface area contributed by atoms with Crippen molar-refractivity contribution in [2.75, 3.05) is 13.2 Å². The van der Waals surface area contributed by atoms with Crippen LogP contribution < -0.4 is 11.1 Å². The van der Waals surface area contributed by atoms with E-state index in [-0.39, 0.29) is 25.2 Å². The van der Waals surface area contributed by atoms with Crippen LogP contribution in [0.1, 0.15) is 35.2 Å². The predicted molar refractivity (Wildman–Crippen MR) is 71.4 cm³/mol. The van der Waals surface area contributed by atoms with Crippen LogP contribution in [0.5, 0.6) is 0 Å². The topological polar surface area (TPSA) is 108 Å². The Labute approximate surface area is 112 Å². The summed E-state index contributed by atoms with van der Waals surface area (Å²) in [5.41, 5.74) is 6.62. The van der Waals surface area contributed by atoms with Gasteiger partial charge in [-0.15, -0.1) is 0 Å². The second-order valence-corrected chi connectivity index (χ2v) is 4.43. The van der Waals surface area contributed by atoms with E-state index in [0.29, 0.717) is 17.7 Å². The van der Waals surface area contributed by atoms with Crippen molar-refractivity contribution < 1.29 is 15.0 Å². The lowest BCUT2D eigenvalue weighted by molar-refractivity contribution is 0.0952. The second kappa shape index (κ2) is 8.58. The third-order valence-electron chi connectivity index (χ3n) is 2.76. The molecular formula is C13H21N3O3. The lowest BCUT2D eigenvalue weighted by Crippen LogP contribution is -2.26. The summed E-state index contributed by atoms with van der Waals surface area (Å²) < 4.78 is 0. The minimum atomic E-state index is -0.200. The molecule has 6 heteroatoms. The molecule has 0 aromatic carbocycles. The number of aliphatic hydroxyl groups is 2. The summed E-state index contributed by atoms with van der Waals surface area (Å²) in [5, 5.41) is 20.5. The van der Waals surface area contributed by atoms with Crippen LogP contribution in [-0.4, -0.2) is 40.3 Å². The normalized spacial score (nSPS) is 12.2. The number of nitrogens with one attached hydrogen (secondary N) is 1. The minimum Gasteiger partial charge on any atom is -0.395 e. The third kappa shape index (κ3) is 5.78. The van der Waals surface area contributed by atoms with Crippen LogP contribution >= 0.6 is 0 Å². The summed E-state index contributed by atoms with van der Waals surface area (Å²) in [6.07, 6.45) is 5.40. The minimum absolute atomic E-state index is 0.00796. The summed E-state index contributed by atoms with van der Waals surface area (Å²) >= 11 is 0. The number of hydrogen-bond acceptors (Lipinski definition) is 5. The molecule has 1 rings (SSSR count). The van der Waals surface area contributed by atoms with Gasteiger partial charge in [-0.1, -0.05) is 6.42 Å². The largest absolute Gasteiger partial charge is 0.395 e. The number of pyridine rings is 1. The van der Waals surface area contributed by atoms with E-state index < -0.39 is 0 Å². The van der Waals surface area contributed by atoms with Crippen LogP contribution in [0, 0.1) is 0 Å². The molecule has 5 N–H and O–H groups in total. The molecule has 0 saturated heterocycles. The molecule has 0 bridgehead atoms. The van der Waals surface area contributed by atoms with Gasteiger partial charge in [-0.05, 0) is 24.5 Å². The van der Waals surface area contributed by atoms with E-state index in [1.807, 2.05) is 0 Å². The van der Waals surface area contributed by atoms with E-state index in [2.05, 4.69) is 10.3 Å². The molecule has 1 amide bonds. The number of unbranched alkanes of at least 4 members (excludes halogenated alkanes) is 1. The highest BCUT2D eigenvalue weighted by molar-refractivity contribution is 5.93. The van der Waals surface area contributed by atoms with Gasteiger partial charge in [-0.3, -0.25) is 9.78 Å². The molecule has 0 aliphatic heterocycles. The first-order valence-electron chi connectivity index (χ1n) is 6.36. The number of carbonyl (C=O) groups excluding carboxylic acids is 1. The maximum atomic E-state index is 11.8. The number of carbonyl (C=O) groups is 1. The molecule has 1 aromatic rings. The highest BCUT2D eigenvalue weighted by Gasteiger charge is 2.06. The van der Waals surface area contributed by atoms with Gasteiger partial charge in [0.05, 0.1) is 18.8 Å². The van der Waals surface area contributed by atoms with Crippen molar-refractivity contribution in [3.05, 3.63) is 29.6 Å². The van der Waals surface area contributed by atoms with Crippen LogP contribution in [0.3, 0.4) is 0 Å². The summed E-state index contributed by atoms with van der Waals surface area (Å²) in [5.74, 6) is -0.200. The van der Waals surface area contributed by atoms with E-state index in [4.69, 9.17) is 15.9 Å². The lowest BCUT2D eigenvalue weighted by Gasteiger charge is -2.08. The maximum absolute atomic E-state index is 11.8. The molecule has 0 aliphatic carbocycles. The van der Waals surface area contributed by atoms with E-state index >= 15 is 0 Å². The smallest absolute Gasteiger partial charge is 0.252 e. The number of nitrogens with two attached hydrogens (primary N) is 1. The fourth-order valence-corrected chi connectivity index (χ4v) is 1.63. The summed E-state index contributed by atoms with van der Waals surface area (Å²) in [6.45, 7) is 0.416. The van der Waals surface area contributed by atoms with Crippen LogP contribution in [0.2, 0.25) is 0 Å². The Morgan fingerprint density at radius 3 is 2.84 bits per heavy atom. The van der Waals surface area contributed by atoms with Gasteiger partial charge in [-0.25, -0.2) is 0 Å². The summed E-state index contributed by atoms with van der Waals surface area (Å²) in [6, 6.07) is 1.44. The first-order valence-corrected chi connectivity index (χ1v) is 6.36. The quantitative estimate of drug-likeness (QED) is 0.487. The van der Waals surface area contributed by atoms with Crippen molar-refractivity contribution in [1.82, 2.24) is 10.3 Å². The SMILES string of the molecule is N[C@H](CO)CCCCNC(=O)c1cncc(CO)c1. The molecule has 0 aliphatic rings. The average molecular weight is 267 g/mol. The number of rotatable bonds is 8. The van der Waals surface area contributed by atoms with E-state index in [9.17, 15) is 4.79 Å². The Morgan fingerprint density at radius 2 is 2.16 bits per heavy atom. The van der Waals surface area contributed by atoms with Gasteiger partial charge in [-0.2, -0.15) is 0 Å². The standard InChI is InChI=1S/C13H21N3O3/c14-12(9-18)3-1-2-4-16-13(19)11-5-10(8-17)6-15-7-11/h5-7,12,17-18H,1-4,8-9,14H2,(H,16,19)/t12-/m0/s1. The van der Waals surface area contributed by atoms with Crippen molar-refractivity contribution in [1.29, 1.82) is 0 Å². The van der Waals surface area contributed by atoms with Crippen LogP contribution in [0.4, 0.5) is 0 Å². The van der Waals surface area contributed by atoms with Gasteiger partial charge >= 0.3 is 0 Å². The molecule has 0 unspecified atom stereocenters. The Balaban J connectivity index is 2.27. The molecule has 19 heavy (non-hydrogen) atoms. The molecule has 0 saturated carbocycles. The Bertz CT molecular complexity index is 398. The molecule has 0 spiro atoms. The van der Waals surface area contributed by atoms with Gasteiger partial charge in [0, 0.05) is 25.0 Å². The van der Waals surface area contributed by atoms with Crippen LogP contribution in [0.15, 0.2) is 18.5 Å². The van der Waals surface area contributed by atoms with Gasteiger partial charge in [0.15, 0.2) is 0 Å². The Morgan fingerprint density at radius 1 is 1.37 bits per heavy atom. The average Bonchev–Trinajstić information content (AvgIpc) is 2.46. The zero-order valence-corrected chi connectivity index (χ0v) is 10.9. The first kappa shape index (κ1) is 15.6. The van der Waals surface area contributed by atoms with Gasteiger partial charge < -0.3 is 21.3 Å². The molecule has 0 fully saturated rings. The fourth-order valence-electron chi connectivity index (χ4n) is 1.63. The van der Waals surface area contributed by atoms with E-state index in [0.717, 1.165) is 19.3 Å². The molecule has 106 valence electrons. The summed E-state index contributed by atoms with van der Waals surface area (Å²) in [4.78, 5) is 15.7. The molecule has 1 atom stereocenters. The monoisotopic (exact) mass is 267 g/mol.